The predicted molar refractivity (Wildman–Crippen MR) is 86.5 cm³/mol. The molecule has 0 saturated carbocycles. The van der Waals surface area contributed by atoms with Gasteiger partial charge < -0.3 is 4.52 Å². The van der Waals surface area contributed by atoms with E-state index in [0.717, 1.165) is 37.1 Å². The molecular weight excluding hydrogens is 274 g/mol. The van der Waals surface area contributed by atoms with Crippen LogP contribution in [-0.2, 0) is 12.8 Å². The summed E-state index contributed by atoms with van der Waals surface area (Å²) in [5, 5.41) is 4.01. The van der Waals surface area contributed by atoms with Crippen molar-refractivity contribution in [2.24, 2.45) is 5.92 Å². The standard InChI is InChI=1S/C18H25N3O/c1-3-17-19-18(22-20-17)14(2)21-11-9-16(10-12-21)13-15-7-5-4-6-8-15/h4-8,14,16H,3,9-13H2,1-2H3. The molecule has 1 aromatic carbocycles. The zero-order valence-electron chi connectivity index (χ0n) is 13.5. The maximum absolute atomic E-state index is 5.39. The van der Waals surface area contributed by atoms with E-state index in [2.05, 4.69) is 52.3 Å². The Bertz CT molecular complexity index is 573. The van der Waals surface area contributed by atoms with Gasteiger partial charge in [-0.3, -0.25) is 4.90 Å². The lowest BCUT2D eigenvalue weighted by atomic mass is 9.89. The summed E-state index contributed by atoms with van der Waals surface area (Å²) in [7, 11) is 0. The van der Waals surface area contributed by atoms with Gasteiger partial charge >= 0.3 is 0 Å². The minimum absolute atomic E-state index is 0.227. The zero-order chi connectivity index (χ0) is 15.4. The van der Waals surface area contributed by atoms with Gasteiger partial charge in [-0.25, -0.2) is 0 Å². The van der Waals surface area contributed by atoms with Crippen LogP contribution in [0.3, 0.4) is 0 Å². The van der Waals surface area contributed by atoms with Crippen molar-refractivity contribution in [3.8, 4) is 0 Å². The van der Waals surface area contributed by atoms with Gasteiger partial charge in [0.1, 0.15) is 0 Å². The van der Waals surface area contributed by atoms with Crippen LogP contribution >= 0.6 is 0 Å². The van der Waals surface area contributed by atoms with Crippen LogP contribution in [0.5, 0.6) is 0 Å². The van der Waals surface area contributed by atoms with E-state index in [1.807, 2.05) is 6.92 Å². The van der Waals surface area contributed by atoms with Gasteiger partial charge in [-0.05, 0) is 50.8 Å². The summed E-state index contributed by atoms with van der Waals surface area (Å²) in [4.78, 5) is 6.94. The molecule has 4 heteroatoms. The number of piperidine rings is 1. The number of likely N-dealkylation sites (tertiary alicyclic amines) is 1. The number of aromatic nitrogens is 2. The molecule has 118 valence electrons. The van der Waals surface area contributed by atoms with Gasteiger partial charge in [-0.15, -0.1) is 0 Å². The maximum Gasteiger partial charge on any atom is 0.243 e. The first-order valence-corrected chi connectivity index (χ1v) is 8.36. The van der Waals surface area contributed by atoms with Crippen molar-refractivity contribution in [1.82, 2.24) is 15.0 Å². The molecule has 0 N–H and O–H groups in total. The van der Waals surface area contributed by atoms with E-state index >= 15 is 0 Å². The lowest BCUT2D eigenvalue weighted by Crippen LogP contribution is -2.36. The first-order valence-electron chi connectivity index (χ1n) is 8.36. The molecule has 1 unspecified atom stereocenters. The number of rotatable bonds is 5. The molecule has 0 aliphatic carbocycles. The number of aryl methyl sites for hydroxylation is 1. The van der Waals surface area contributed by atoms with Crippen LogP contribution in [0.4, 0.5) is 0 Å². The number of nitrogens with zero attached hydrogens (tertiary/aromatic N) is 3. The fourth-order valence-corrected chi connectivity index (χ4v) is 3.23. The van der Waals surface area contributed by atoms with Crippen LogP contribution in [0, 0.1) is 5.92 Å². The largest absolute Gasteiger partial charge is 0.338 e. The summed E-state index contributed by atoms with van der Waals surface area (Å²) in [6.07, 6.45) is 4.51. The van der Waals surface area contributed by atoms with Crippen molar-refractivity contribution in [1.29, 1.82) is 0 Å². The van der Waals surface area contributed by atoms with Crippen LogP contribution in [0.15, 0.2) is 34.9 Å². The van der Waals surface area contributed by atoms with Crippen LogP contribution in [0.1, 0.15) is 50.0 Å². The van der Waals surface area contributed by atoms with Gasteiger partial charge in [0.25, 0.3) is 0 Å². The van der Waals surface area contributed by atoms with Gasteiger partial charge in [0.05, 0.1) is 6.04 Å². The lowest BCUT2D eigenvalue weighted by Gasteiger charge is -2.34. The second-order valence-corrected chi connectivity index (χ2v) is 6.25. The summed E-state index contributed by atoms with van der Waals surface area (Å²) in [5.74, 6) is 2.36. The molecule has 1 aromatic heterocycles. The van der Waals surface area contributed by atoms with Crippen molar-refractivity contribution in [3.63, 3.8) is 0 Å². The molecule has 0 radical (unpaired) electrons. The molecule has 4 nitrogen and oxygen atoms in total. The summed E-state index contributed by atoms with van der Waals surface area (Å²) >= 11 is 0. The molecule has 1 atom stereocenters. The van der Waals surface area contributed by atoms with Gasteiger partial charge in [0, 0.05) is 6.42 Å². The molecule has 0 bridgehead atoms. The number of hydrogen-bond donors (Lipinski definition) is 0. The molecule has 1 saturated heterocycles. The highest BCUT2D eigenvalue weighted by atomic mass is 16.5. The maximum atomic E-state index is 5.39. The molecule has 0 amide bonds. The monoisotopic (exact) mass is 299 g/mol. The Labute approximate surface area is 132 Å². The summed E-state index contributed by atoms with van der Waals surface area (Å²) in [6.45, 7) is 6.45. The Kier molecular flexibility index (Phi) is 4.88. The molecule has 1 aliphatic rings. The Balaban J connectivity index is 1.52. The van der Waals surface area contributed by atoms with Crippen LogP contribution in [0.25, 0.3) is 0 Å². The summed E-state index contributed by atoms with van der Waals surface area (Å²) < 4.78 is 5.39. The highest BCUT2D eigenvalue weighted by Gasteiger charge is 2.26. The molecular formula is C18H25N3O. The van der Waals surface area contributed by atoms with E-state index < -0.39 is 0 Å². The van der Waals surface area contributed by atoms with Crippen molar-refractivity contribution in [3.05, 3.63) is 47.6 Å². The van der Waals surface area contributed by atoms with E-state index in [9.17, 15) is 0 Å². The minimum atomic E-state index is 0.227. The zero-order valence-corrected chi connectivity index (χ0v) is 13.5. The van der Waals surface area contributed by atoms with Gasteiger partial charge in [-0.2, -0.15) is 4.98 Å². The fraction of sp³-hybridized carbons (Fsp3) is 0.556. The number of hydrogen-bond acceptors (Lipinski definition) is 4. The highest BCUT2D eigenvalue weighted by molar-refractivity contribution is 5.15. The third kappa shape index (κ3) is 3.55. The van der Waals surface area contributed by atoms with E-state index in [4.69, 9.17) is 4.52 Å². The van der Waals surface area contributed by atoms with E-state index in [1.165, 1.54) is 24.8 Å². The van der Waals surface area contributed by atoms with Crippen LogP contribution in [0.2, 0.25) is 0 Å². The van der Waals surface area contributed by atoms with E-state index in [-0.39, 0.29) is 6.04 Å². The quantitative estimate of drug-likeness (QED) is 0.845. The van der Waals surface area contributed by atoms with E-state index in [1.54, 1.807) is 0 Å². The third-order valence-electron chi connectivity index (χ3n) is 4.72. The van der Waals surface area contributed by atoms with Crippen molar-refractivity contribution < 1.29 is 4.52 Å². The smallest absolute Gasteiger partial charge is 0.243 e. The lowest BCUT2D eigenvalue weighted by molar-refractivity contribution is 0.119. The van der Waals surface area contributed by atoms with Crippen molar-refractivity contribution in [2.75, 3.05) is 13.1 Å². The van der Waals surface area contributed by atoms with Gasteiger partial charge in [0.2, 0.25) is 5.89 Å². The fourth-order valence-electron chi connectivity index (χ4n) is 3.23. The second-order valence-electron chi connectivity index (χ2n) is 6.25. The Morgan fingerprint density at radius 3 is 2.59 bits per heavy atom. The van der Waals surface area contributed by atoms with Gasteiger partial charge in [-0.1, -0.05) is 42.4 Å². The molecule has 3 rings (SSSR count). The number of benzene rings is 1. The summed E-state index contributed by atoms with van der Waals surface area (Å²) in [5.41, 5.74) is 1.46. The van der Waals surface area contributed by atoms with Crippen LogP contribution < -0.4 is 0 Å². The Hall–Kier alpha value is -1.68. The normalized spacial score (nSPS) is 18.5. The molecule has 22 heavy (non-hydrogen) atoms. The first-order chi connectivity index (χ1) is 10.8. The predicted octanol–water partition coefficient (Wildman–Crippen LogP) is 3.65. The van der Waals surface area contributed by atoms with Crippen molar-refractivity contribution in [2.45, 2.75) is 45.6 Å². The first kappa shape index (κ1) is 15.2. The van der Waals surface area contributed by atoms with Crippen molar-refractivity contribution >= 4 is 0 Å². The molecule has 2 heterocycles. The average molecular weight is 299 g/mol. The topological polar surface area (TPSA) is 42.2 Å². The van der Waals surface area contributed by atoms with Crippen LogP contribution in [-0.4, -0.2) is 28.1 Å². The molecule has 0 spiro atoms. The van der Waals surface area contributed by atoms with Gasteiger partial charge in [0.15, 0.2) is 5.82 Å². The molecule has 1 aliphatic heterocycles. The average Bonchev–Trinajstić information content (AvgIpc) is 3.05. The molecule has 1 fully saturated rings. The Morgan fingerprint density at radius 1 is 1.23 bits per heavy atom. The second kappa shape index (κ2) is 7.05. The SMILES string of the molecule is CCc1noc(C(C)N2CCC(Cc3ccccc3)CC2)n1. The van der Waals surface area contributed by atoms with E-state index in [0.29, 0.717) is 0 Å². The molecule has 2 aromatic rings. The minimum Gasteiger partial charge on any atom is -0.338 e. The third-order valence-corrected chi connectivity index (χ3v) is 4.72. The summed E-state index contributed by atoms with van der Waals surface area (Å²) in [6, 6.07) is 11.0. The highest BCUT2D eigenvalue weighted by Crippen LogP contribution is 2.27. The Morgan fingerprint density at radius 2 is 1.95 bits per heavy atom.